The van der Waals surface area contributed by atoms with Crippen LogP contribution in [0.2, 0.25) is 0 Å². The van der Waals surface area contributed by atoms with Crippen LogP contribution in [-0.4, -0.2) is 46.9 Å². The minimum Gasteiger partial charge on any atom is -0.478 e. The van der Waals surface area contributed by atoms with Crippen LogP contribution in [0.15, 0.2) is 34.7 Å². The lowest BCUT2D eigenvalue weighted by molar-refractivity contribution is 0.0683. The SMILES string of the molecule is CCc1oc(C(=O)NC2CCN(C(=O)c3ccc(C)cc3)CC2)cc1C(=O)O. The van der Waals surface area contributed by atoms with Gasteiger partial charge in [-0.1, -0.05) is 24.6 Å². The number of aromatic carboxylic acids is 1. The number of carbonyl (C=O) groups excluding carboxylic acids is 2. The van der Waals surface area contributed by atoms with Gasteiger partial charge in [-0.25, -0.2) is 4.79 Å². The number of carbonyl (C=O) groups is 3. The van der Waals surface area contributed by atoms with E-state index in [1.165, 1.54) is 6.07 Å². The molecule has 0 aliphatic carbocycles. The summed E-state index contributed by atoms with van der Waals surface area (Å²) in [5, 5.41) is 12.1. The highest BCUT2D eigenvalue weighted by molar-refractivity contribution is 5.96. The maximum absolute atomic E-state index is 12.6. The number of piperidine rings is 1. The maximum atomic E-state index is 12.6. The van der Waals surface area contributed by atoms with Gasteiger partial charge in [-0.2, -0.15) is 0 Å². The largest absolute Gasteiger partial charge is 0.478 e. The first-order valence-electron chi connectivity index (χ1n) is 9.41. The van der Waals surface area contributed by atoms with Crippen molar-refractivity contribution in [3.63, 3.8) is 0 Å². The Morgan fingerprint density at radius 3 is 2.36 bits per heavy atom. The first kappa shape index (κ1) is 19.7. The molecular formula is C21H24N2O5. The summed E-state index contributed by atoms with van der Waals surface area (Å²) in [4.78, 5) is 38.0. The number of aryl methyl sites for hydroxylation is 2. The number of likely N-dealkylation sites (tertiary alicyclic amines) is 1. The fraction of sp³-hybridized carbons (Fsp3) is 0.381. The van der Waals surface area contributed by atoms with Crippen molar-refractivity contribution in [2.45, 2.75) is 39.2 Å². The molecule has 148 valence electrons. The van der Waals surface area contributed by atoms with Crippen molar-refractivity contribution >= 4 is 17.8 Å². The predicted octanol–water partition coefficient (Wildman–Crippen LogP) is 2.88. The zero-order valence-electron chi connectivity index (χ0n) is 16.0. The quantitative estimate of drug-likeness (QED) is 0.826. The highest BCUT2D eigenvalue weighted by atomic mass is 16.4. The number of carboxylic acid groups (broad SMARTS) is 1. The molecule has 7 heteroatoms. The summed E-state index contributed by atoms with van der Waals surface area (Å²) in [6, 6.07) is 8.67. The van der Waals surface area contributed by atoms with Gasteiger partial charge >= 0.3 is 5.97 Å². The molecule has 0 saturated carbocycles. The Bertz CT molecular complexity index is 877. The molecule has 1 aromatic carbocycles. The molecule has 1 aliphatic rings. The molecular weight excluding hydrogens is 360 g/mol. The predicted molar refractivity (Wildman–Crippen MR) is 103 cm³/mol. The zero-order valence-corrected chi connectivity index (χ0v) is 16.0. The fourth-order valence-electron chi connectivity index (χ4n) is 3.35. The highest BCUT2D eigenvalue weighted by Gasteiger charge is 2.26. The van der Waals surface area contributed by atoms with Gasteiger partial charge in [0.05, 0.1) is 0 Å². The van der Waals surface area contributed by atoms with Gasteiger partial charge in [0, 0.05) is 37.2 Å². The number of hydrogen-bond donors (Lipinski definition) is 2. The van der Waals surface area contributed by atoms with Crippen molar-refractivity contribution in [1.29, 1.82) is 0 Å². The molecule has 1 aliphatic heterocycles. The third kappa shape index (κ3) is 4.24. The number of benzene rings is 1. The first-order chi connectivity index (χ1) is 13.4. The van der Waals surface area contributed by atoms with Crippen molar-refractivity contribution in [2.75, 3.05) is 13.1 Å². The summed E-state index contributed by atoms with van der Waals surface area (Å²) in [6.07, 6.45) is 1.67. The molecule has 0 radical (unpaired) electrons. The molecule has 1 saturated heterocycles. The van der Waals surface area contributed by atoms with E-state index in [2.05, 4.69) is 5.32 Å². The maximum Gasteiger partial charge on any atom is 0.339 e. The van der Waals surface area contributed by atoms with Gasteiger partial charge in [0.15, 0.2) is 5.76 Å². The standard InChI is InChI=1S/C21H24N2O5/c1-3-17-16(21(26)27)12-18(28-17)19(24)22-15-8-10-23(11-9-15)20(25)14-6-4-13(2)5-7-14/h4-7,12,15H,3,8-11H2,1-2H3,(H,22,24)(H,26,27). The van der Waals surface area contributed by atoms with Crippen molar-refractivity contribution in [3.05, 3.63) is 58.5 Å². The normalized spacial score (nSPS) is 14.7. The molecule has 0 bridgehead atoms. The smallest absolute Gasteiger partial charge is 0.339 e. The zero-order chi connectivity index (χ0) is 20.3. The minimum absolute atomic E-state index is 0.00509. The number of rotatable bonds is 5. The number of nitrogens with zero attached hydrogens (tertiary/aromatic N) is 1. The second kappa shape index (κ2) is 8.29. The molecule has 2 aromatic rings. The monoisotopic (exact) mass is 384 g/mol. The minimum atomic E-state index is -1.11. The number of hydrogen-bond acceptors (Lipinski definition) is 4. The van der Waals surface area contributed by atoms with Gasteiger partial charge in [0.2, 0.25) is 0 Å². The van der Waals surface area contributed by atoms with E-state index in [0.29, 0.717) is 37.9 Å². The summed E-state index contributed by atoms with van der Waals surface area (Å²) >= 11 is 0. The molecule has 0 unspecified atom stereocenters. The van der Waals surface area contributed by atoms with Crippen LogP contribution in [0.25, 0.3) is 0 Å². The van der Waals surface area contributed by atoms with E-state index >= 15 is 0 Å². The molecule has 1 fully saturated rings. The summed E-state index contributed by atoms with van der Waals surface area (Å²) in [6.45, 7) is 4.85. The average molecular weight is 384 g/mol. The van der Waals surface area contributed by atoms with E-state index in [-0.39, 0.29) is 29.0 Å². The van der Waals surface area contributed by atoms with Crippen molar-refractivity contribution in [3.8, 4) is 0 Å². The summed E-state index contributed by atoms with van der Waals surface area (Å²) in [5.41, 5.74) is 1.79. The van der Waals surface area contributed by atoms with E-state index in [9.17, 15) is 19.5 Å². The van der Waals surface area contributed by atoms with Crippen LogP contribution in [0.5, 0.6) is 0 Å². The molecule has 2 amide bonds. The van der Waals surface area contributed by atoms with E-state index in [1.807, 2.05) is 31.2 Å². The third-order valence-electron chi connectivity index (χ3n) is 5.00. The Morgan fingerprint density at radius 1 is 1.18 bits per heavy atom. The highest BCUT2D eigenvalue weighted by Crippen LogP contribution is 2.18. The molecule has 3 rings (SSSR count). The van der Waals surface area contributed by atoms with Crippen molar-refractivity contribution < 1.29 is 23.9 Å². The van der Waals surface area contributed by atoms with E-state index in [0.717, 1.165) is 5.56 Å². The Kier molecular flexibility index (Phi) is 5.82. The Balaban J connectivity index is 1.57. The molecule has 2 heterocycles. The average Bonchev–Trinajstić information content (AvgIpc) is 3.14. The van der Waals surface area contributed by atoms with Crippen LogP contribution >= 0.6 is 0 Å². The Labute approximate surface area is 163 Å². The number of carboxylic acids is 1. The van der Waals surface area contributed by atoms with Gasteiger partial charge < -0.3 is 19.7 Å². The van der Waals surface area contributed by atoms with Crippen LogP contribution in [0, 0.1) is 6.92 Å². The molecule has 2 N–H and O–H groups in total. The lowest BCUT2D eigenvalue weighted by Gasteiger charge is -2.32. The topological polar surface area (TPSA) is 99.9 Å². The lowest BCUT2D eigenvalue weighted by atomic mass is 10.0. The lowest BCUT2D eigenvalue weighted by Crippen LogP contribution is -2.46. The van der Waals surface area contributed by atoms with Gasteiger partial charge in [-0.05, 0) is 31.9 Å². The van der Waals surface area contributed by atoms with Crippen LogP contribution in [0.1, 0.15) is 62.4 Å². The third-order valence-corrected chi connectivity index (χ3v) is 5.00. The number of furan rings is 1. The second-order valence-electron chi connectivity index (χ2n) is 7.01. The summed E-state index contributed by atoms with van der Waals surface area (Å²) in [5.74, 6) is -1.24. The van der Waals surface area contributed by atoms with Gasteiger partial charge in [-0.15, -0.1) is 0 Å². The number of nitrogens with one attached hydrogen (secondary N) is 1. The Hall–Kier alpha value is -3.09. The second-order valence-corrected chi connectivity index (χ2v) is 7.01. The molecule has 1 aromatic heterocycles. The van der Waals surface area contributed by atoms with Crippen LogP contribution < -0.4 is 5.32 Å². The van der Waals surface area contributed by atoms with Gasteiger partial charge in [0.25, 0.3) is 11.8 Å². The molecule has 0 atom stereocenters. The Morgan fingerprint density at radius 2 is 1.82 bits per heavy atom. The summed E-state index contributed by atoms with van der Waals surface area (Å²) < 4.78 is 5.40. The van der Waals surface area contributed by atoms with Crippen LogP contribution in [0.4, 0.5) is 0 Å². The van der Waals surface area contributed by atoms with E-state index in [1.54, 1.807) is 11.8 Å². The molecule has 28 heavy (non-hydrogen) atoms. The van der Waals surface area contributed by atoms with Crippen molar-refractivity contribution in [1.82, 2.24) is 10.2 Å². The van der Waals surface area contributed by atoms with E-state index in [4.69, 9.17) is 4.42 Å². The fourth-order valence-corrected chi connectivity index (χ4v) is 3.35. The first-order valence-corrected chi connectivity index (χ1v) is 9.41. The van der Waals surface area contributed by atoms with E-state index < -0.39 is 11.9 Å². The van der Waals surface area contributed by atoms with Crippen LogP contribution in [-0.2, 0) is 6.42 Å². The van der Waals surface area contributed by atoms with Gasteiger partial charge in [-0.3, -0.25) is 9.59 Å². The molecule has 7 nitrogen and oxygen atoms in total. The molecule has 0 spiro atoms. The van der Waals surface area contributed by atoms with Crippen molar-refractivity contribution in [2.24, 2.45) is 0 Å². The summed E-state index contributed by atoms with van der Waals surface area (Å²) in [7, 11) is 0. The number of amides is 2. The van der Waals surface area contributed by atoms with Gasteiger partial charge in [0.1, 0.15) is 11.3 Å². The van der Waals surface area contributed by atoms with Crippen LogP contribution in [0.3, 0.4) is 0 Å².